The van der Waals surface area contributed by atoms with Gasteiger partial charge in [-0.15, -0.1) is 0 Å². The average Bonchev–Trinajstić information content (AvgIpc) is 3.21. The van der Waals surface area contributed by atoms with E-state index in [1.54, 1.807) is 14.2 Å². The van der Waals surface area contributed by atoms with E-state index in [0.717, 1.165) is 37.5 Å². The highest BCUT2D eigenvalue weighted by Crippen LogP contribution is 2.35. The number of methoxy groups -OCH3 is 1. The van der Waals surface area contributed by atoms with Crippen molar-refractivity contribution < 1.29 is 9.53 Å². The lowest BCUT2D eigenvalue weighted by Gasteiger charge is -2.36. The van der Waals surface area contributed by atoms with Gasteiger partial charge in [0.15, 0.2) is 0 Å². The topological polar surface area (TPSA) is 64.3 Å². The van der Waals surface area contributed by atoms with E-state index < -0.39 is 0 Å². The molecule has 7 heteroatoms. The van der Waals surface area contributed by atoms with Crippen LogP contribution in [0.1, 0.15) is 59.7 Å². The highest BCUT2D eigenvalue weighted by atomic mass is 16.5. The Morgan fingerprint density at radius 2 is 2.11 bits per heavy atom. The molecular formula is C20H31N5O2. The van der Waals surface area contributed by atoms with E-state index in [1.807, 2.05) is 29.4 Å². The fourth-order valence-corrected chi connectivity index (χ4v) is 4.24. The Hall–Kier alpha value is -2.28. The molecule has 1 saturated heterocycles. The Morgan fingerprint density at radius 3 is 2.78 bits per heavy atom. The number of likely N-dealkylation sites (tertiary alicyclic amines) is 1. The van der Waals surface area contributed by atoms with Gasteiger partial charge in [-0.3, -0.25) is 9.69 Å². The van der Waals surface area contributed by atoms with Gasteiger partial charge in [-0.2, -0.15) is 5.10 Å². The number of ether oxygens (including phenoxy) is 1. The maximum atomic E-state index is 12.1. The minimum atomic E-state index is -0.0479. The van der Waals surface area contributed by atoms with Crippen molar-refractivity contribution >= 4 is 5.91 Å². The molecule has 1 fully saturated rings. The molecule has 0 unspecified atom stereocenters. The second-order valence-corrected chi connectivity index (χ2v) is 7.18. The second kappa shape index (κ2) is 8.17. The largest absolute Gasteiger partial charge is 0.481 e. The summed E-state index contributed by atoms with van der Waals surface area (Å²) in [5.74, 6) is 0.794. The van der Waals surface area contributed by atoms with E-state index in [0.29, 0.717) is 5.69 Å². The van der Waals surface area contributed by atoms with Gasteiger partial charge in [-0.1, -0.05) is 13.3 Å². The van der Waals surface area contributed by atoms with Crippen LogP contribution in [-0.2, 0) is 27.1 Å². The van der Waals surface area contributed by atoms with E-state index in [1.165, 1.54) is 24.1 Å². The number of hydrogen-bond acceptors (Lipinski definition) is 4. The zero-order valence-electron chi connectivity index (χ0n) is 17.1. The molecule has 0 aromatic carbocycles. The molecule has 1 atom stereocenters. The Kier molecular flexibility index (Phi) is 5.89. The summed E-state index contributed by atoms with van der Waals surface area (Å²) in [7, 11) is 7.29. The smallest absolute Gasteiger partial charge is 0.267 e. The van der Waals surface area contributed by atoms with Crippen LogP contribution in [0.15, 0.2) is 12.1 Å². The molecular weight excluding hydrogens is 342 g/mol. The van der Waals surface area contributed by atoms with Crippen LogP contribution in [0.3, 0.4) is 0 Å². The first-order valence-electron chi connectivity index (χ1n) is 9.72. The van der Waals surface area contributed by atoms with Crippen molar-refractivity contribution in [3.8, 4) is 5.88 Å². The lowest BCUT2D eigenvalue weighted by molar-refractivity contribution is 0.0952. The third-order valence-corrected chi connectivity index (χ3v) is 5.64. The van der Waals surface area contributed by atoms with Gasteiger partial charge in [-0.25, -0.2) is 4.68 Å². The predicted octanol–water partition coefficient (Wildman–Crippen LogP) is 2.42. The monoisotopic (exact) mass is 373 g/mol. The van der Waals surface area contributed by atoms with Crippen LogP contribution < -0.4 is 10.1 Å². The second-order valence-electron chi connectivity index (χ2n) is 7.18. The zero-order valence-corrected chi connectivity index (χ0v) is 17.1. The van der Waals surface area contributed by atoms with E-state index in [4.69, 9.17) is 4.74 Å². The Balaban J connectivity index is 1.92. The first kappa shape index (κ1) is 19.5. The van der Waals surface area contributed by atoms with Crippen molar-refractivity contribution in [1.29, 1.82) is 0 Å². The average molecular weight is 374 g/mol. The molecule has 0 spiro atoms. The van der Waals surface area contributed by atoms with Gasteiger partial charge in [0, 0.05) is 33.4 Å². The summed E-state index contributed by atoms with van der Waals surface area (Å²) in [6.07, 6.45) is 4.37. The molecule has 7 nitrogen and oxygen atoms in total. The number of nitrogens with one attached hydrogen (secondary N) is 1. The van der Waals surface area contributed by atoms with Gasteiger partial charge < -0.3 is 14.6 Å². The fourth-order valence-electron chi connectivity index (χ4n) is 4.24. The number of amides is 1. The summed E-state index contributed by atoms with van der Waals surface area (Å²) in [6, 6.07) is 4.30. The van der Waals surface area contributed by atoms with Gasteiger partial charge >= 0.3 is 0 Å². The Bertz CT molecular complexity index is 808. The van der Waals surface area contributed by atoms with Crippen LogP contribution in [0.2, 0.25) is 0 Å². The first-order chi connectivity index (χ1) is 13.0. The SMILES string of the molecule is CCc1nn(C)c(OC)c1CN1CCCC[C@H]1c1ccc(C(=O)NC)n1C. The maximum absolute atomic E-state index is 12.1. The van der Waals surface area contributed by atoms with E-state index in [2.05, 4.69) is 28.3 Å². The lowest BCUT2D eigenvalue weighted by atomic mass is 9.98. The van der Waals surface area contributed by atoms with E-state index >= 15 is 0 Å². The number of carbonyl (C=O) groups excluding carboxylic acids is 1. The van der Waals surface area contributed by atoms with Gasteiger partial charge in [0.1, 0.15) is 5.69 Å². The quantitative estimate of drug-likeness (QED) is 0.845. The molecule has 2 aromatic heterocycles. The molecule has 148 valence electrons. The number of aryl methyl sites for hydroxylation is 2. The number of hydrogen-bond donors (Lipinski definition) is 1. The van der Waals surface area contributed by atoms with Gasteiger partial charge in [0.05, 0.1) is 24.4 Å². The summed E-state index contributed by atoms with van der Waals surface area (Å²) in [5, 5.41) is 7.35. The molecule has 1 aliphatic rings. The standard InChI is InChI=1S/C20H31N5O2/c1-6-15-14(20(27-5)24(4)22-15)13-25-12-8-7-9-17(25)16-10-11-18(23(16)3)19(26)21-2/h10-11,17H,6-9,12-13H2,1-5H3,(H,21,26)/t17-/m0/s1. The van der Waals surface area contributed by atoms with Crippen molar-refractivity contribution in [2.45, 2.75) is 45.2 Å². The van der Waals surface area contributed by atoms with Crippen molar-refractivity contribution in [2.24, 2.45) is 14.1 Å². The number of rotatable bonds is 6. The number of carbonyl (C=O) groups is 1. The third kappa shape index (κ3) is 3.60. The normalized spacial score (nSPS) is 17.9. The highest BCUT2D eigenvalue weighted by Gasteiger charge is 2.29. The minimum Gasteiger partial charge on any atom is -0.481 e. The zero-order chi connectivity index (χ0) is 19.6. The summed E-state index contributed by atoms with van der Waals surface area (Å²) in [4.78, 5) is 14.6. The molecule has 1 aliphatic heterocycles. The molecule has 1 amide bonds. The third-order valence-electron chi connectivity index (χ3n) is 5.64. The first-order valence-corrected chi connectivity index (χ1v) is 9.72. The van der Waals surface area contributed by atoms with Gasteiger partial charge in [-0.05, 0) is 37.9 Å². The molecule has 0 bridgehead atoms. The Labute approximate surface area is 161 Å². The number of aromatic nitrogens is 3. The molecule has 0 saturated carbocycles. The van der Waals surface area contributed by atoms with Gasteiger partial charge in [0.25, 0.3) is 5.91 Å². The molecule has 1 N–H and O–H groups in total. The highest BCUT2D eigenvalue weighted by molar-refractivity contribution is 5.92. The summed E-state index contributed by atoms with van der Waals surface area (Å²) < 4.78 is 9.49. The van der Waals surface area contributed by atoms with Crippen LogP contribution in [0.25, 0.3) is 0 Å². The van der Waals surface area contributed by atoms with Crippen LogP contribution in [0.5, 0.6) is 5.88 Å². The molecule has 2 aromatic rings. The number of piperidine rings is 1. The van der Waals surface area contributed by atoms with Crippen molar-refractivity contribution in [3.05, 3.63) is 34.8 Å². The van der Waals surface area contributed by atoms with Crippen molar-refractivity contribution in [2.75, 3.05) is 20.7 Å². The minimum absolute atomic E-state index is 0.0479. The van der Waals surface area contributed by atoms with E-state index in [9.17, 15) is 4.79 Å². The lowest BCUT2D eigenvalue weighted by Crippen LogP contribution is -2.34. The van der Waals surface area contributed by atoms with Crippen molar-refractivity contribution in [1.82, 2.24) is 24.6 Å². The van der Waals surface area contributed by atoms with Crippen molar-refractivity contribution in [3.63, 3.8) is 0 Å². The fraction of sp³-hybridized carbons (Fsp3) is 0.600. The molecule has 3 heterocycles. The Morgan fingerprint density at radius 1 is 1.33 bits per heavy atom. The number of nitrogens with zero attached hydrogens (tertiary/aromatic N) is 4. The molecule has 0 radical (unpaired) electrons. The van der Waals surface area contributed by atoms with Crippen LogP contribution in [0, 0.1) is 0 Å². The van der Waals surface area contributed by atoms with Gasteiger partial charge in [0.2, 0.25) is 5.88 Å². The van der Waals surface area contributed by atoms with E-state index in [-0.39, 0.29) is 11.9 Å². The van der Waals surface area contributed by atoms with Crippen LogP contribution in [-0.4, -0.2) is 45.9 Å². The summed E-state index contributed by atoms with van der Waals surface area (Å²) in [6.45, 7) is 3.98. The molecule has 3 rings (SSSR count). The predicted molar refractivity (Wildman–Crippen MR) is 105 cm³/mol. The van der Waals surface area contributed by atoms with Crippen LogP contribution in [0.4, 0.5) is 0 Å². The summed E-state index contributed by atoms with van der Waals surface area (Å²) >= 11 is 0. The maximum Gasteiger partial charge on any atom is 0.267 e. The van der Waals surface area contributed by atoms with Crippen LogP contribution >= 0.6 is 0 Å². The molecule has 27 heavy (non-hydrogen) atoms. The summed E-state index contributed by atoms with van der Waals surface area (Å²) in [5.41, 5.74) is 4.16. The molecule has 0 aliphatic carbocycles.